The lowest BCUT2D eigenvalue weighted by Gasteiger charge is -2.23. The first kappa shape index (κ1) is 19.9. The van der Waals surface area contributed by atoms with E-state index in [1.807, 2.05) is 9.80 Å². The second-order valence-corrected chi connectivity index (χ2v) is 12.0. The molecule has 5 nitrogen and oxygen atoms in total. The summed E-state index contributed by atoms with van der Waals surface area (Å²) in [5.74, 6) is 1.93. The van der Waals surface area contributed by atoms with Gasteiger partial charge in [0.1, 0.15) is 11.4 Å². The standard InChI is InChI=1S/C26H25N3O2S2/c30-24(17-1-2-17)28-11-7-16(14-28)15-29-23(27-26(9-10-26)25(29)31)22-6-5-21(33-22)18-3-4-20-19(13-18)8-12-32-20/h3-6,8,12-13,16-17H,1-2,7,9-11,14-15H2/t16-/m1/s1. The molecule has 4 heterocycles. The van der Waals surface area contributed by atoms with E-state index in [1.54, 1.807) is 22.7 Å². The van der Waals surface area contributed by atoms with Gasteiger partial charge in [-0.15, -0.1) is 22.7 Å². The predicted molar refractivity (Wildman–Crippen MR) is 133 cm³/mol. The Bertz CT molecular complexity index is 1310. The zero-order valence-corrected chi connectivity index (χ0v) is 20.0. The Morgan fingerprint density at radius 3 is 2.76 bits per heavy atom. The van der Waals surface area contributed by atoms with Gasteiger partial charge >= 0.3 is 0 Å². The number of nitrogens with zero attached hydrogens (tertiary/aromatic N) is 3. The number of rotatable bonds is 5. The van der Waals surface area contributed by atoms with Gasteiger partial charge in [0.25, 0.3) is 5.91 Å². The van der Waals surface area contributed by atoms with Crippen LogP contribution in [-0.2, 0) is 9.59 Å². The fraction of sp³-hybridized carbons (Fsp3) is 0.423. The SMILES string of the molecule is O=C(C1CC1)N1CC[C@@H](CN2C(=O)C3(CC3)N=C2c2ccc(-c3ccc4sccc4c3)s2)C1. The topological polar surface area (TPSA) is 53.0 Å². The van der Waals surface area contributed by atoms with E-state index in [1.165, 1.54) is 20.5 Å². The lowest BCUT2D eigenvalue weighted by atomic mass is 10.1. The first-order chi connectivity index (χ1) is 16.1. The summed E-state index contributed by atoms with van der Waals surface area (Å²) in [5.41, 5.74) is 0.705. The summed E-state index contributed by atoms with van der Waals surface area (Å²) in [6, 6.07) is 13.0. The van der Waals surface area contributed by atoms with E-state index in [4.69, 9.17) is 4.99 Å². The second-order valence-electron chi connectivity index (χ2n) is 9.93. The van der Waals surface area contributed by atoms with Gasteiger partial charge in [0, 0.05) is 35.1 Å². The van der Waals surface area contributed by atoms with Gasteiger partial charge in [0.05, 0.1) is 4.88 Å². The first-order valence-corrected chi connectivity index (χ1v) is 13.6. The summed E-state index contributed by atoms with van der Waals surface area (Å²) in [4.78, 5) is 37.0. The molecule has 2 aliphatic carbocycles. The lowest BCUT2D eigenvalue weighted by molar-refractivity contribution is -0.131. The number of hydrogen-bond acceptors (Lipinski definition) is 5. The molecule has 2 saturated carbocycles. The normalized spacial score (nSPS) is 23.7. The van der Waals surface area contributed by atoms with Crippen LogP contribution in [0.1, 0.15) is 37.0 Å². The highest BCUT2D eigenvalue weighted by Crippen LogP contribution is 2.47. The van der Waals surface area contributed by atoms with Crippen molar-refractivity contribution in [2.24, 2.45) is 16.8 Å². The van der Waals surface area contributed by atoms with Crippen molar-refractivity contribution >= 4 is 50.4 Å². The maximum absolute atomic E-state index is 13.3. The van der Waals surface area contributed by atoms with Crippen molar-refractivity contribution in [1.29, 1.82) is 0 Å². The summed E-state index contributed by atoms with van der Waals surface area (Å²) in [7, 11) is 0. The van der Waals surface area contributed by atoms with Crippen LogP contribution in [0.3, 0.4) is 0 Å². The van der Waals surface area contributed by atoms with Gasteiger partial charge in [-0.3, -0.25) is 19.5 Å². The highest BCUT2D eigenvalue weighted by molar-refractivity contribution is 7.18. The molecule has 4 aliphatic rings. The predicted octanol–water partition coefficient (Wildman–Crippen LogP) is 5.01. The monoisotopic (exact) mass is 475 g/mol. The summed E-state index contributed by atoms with van der Waals surface area (Å²) in [6.45, 7) is 2.27. The Morgan fingerprint density at radius 1 is 1.09 bits per heavy atom. The Labute approximate surface area is 200 Å². The maximum Gasteiger partial charge on any atom is 0.256 e. The average molecular weight is 476 g/mol. The molecule has 2 aliphatic heterocycles. The van der Waals surface area contributed by atoms with E-state index in [0.29, 0.717) is 18.4 Å². The zero-order chi connectivity index (χ0) is 22.2. The molecule has 7 rings (SSSR count). The molecule has 1 atom stereocenters. The van der Waals surface area contributed by atoms with Crippen molar-refractivity contribution in [3.8, 4) is 10.4 Å². The fourth-order valence-electron chi connectivity index (χ4n) is 5.22. The molecule has 1 aromatic carbocycles. The van der Waals surface area contributed by atoms with Crippen LogP contribution in [0, 0.1) is 11.8 Å². The molecular formula is C26H25N3O2S2. The summed E-state index contributed by atoms with van der Waals surface area (Å²) in [6.07, 6.45) is 4.78. The molecule has 7 heteroatoms. The molecule has 0 unspecified atom stereocenters. The number of benzene rings is 1. The van der Waals surface area contributed by atoms with Crippen LogP contribution in [0.2, 0.25) is 0 Å². The smallest absolute Gasteiger partial charge is 0.256 e. The van der Waals surface area contributed by atoms with Crippen LogP contribution in [0.5, 0.6) is 0 Å². The maximum atomic E-state index is 13.3. The number of amidine groups is 1. The van der Waals surface area contributed by atoms with Gasteiger partial charge in [0.15, 0.2) is 0 Å². The van der Waals surface area contributed by atoms with Crippen LogP contribution >= 0.6 is 22.7 Å². The average Bonchev–Trinajstić information content (AvgIpc) is 3.59. The van der Waals surface area contributed by atoms with Crippen LogP contribution in [0.4, 0.5) is 0 Å². The number of likely N-dealkylation sites (tertiary alicyclic amines) is 1. The van der Waals surface area contributed by atoms with Gasteiger partial charge in [-0.1, -0.05) is 6.07 Å². The molecule has 3 aromatic rings. The summed E-state index contributed by atoms with van der Waals surface area (Å²) >= 11 is 3.48. The largest absolute Gasteiger partial charge is 0.342 e. The molecule has 1 spiro atoms. The molecule has 2 amide bonds. The van der Waals surface area contributed by atoms with Crippen molar-refractivity contribution in [2.75, 3.05) is 19.6 Å². The van der Waals surface area contributed by atoms with Crippen LogP contribution < -0.4 is 0 Å². The molecular weight excluding hydrogens is 450 g/mol. The number of carbonyl (C=O) groups is 2. The second kappa shape index (κ2) is 7.24. The van der Waals surface area contributed by atoms with Crippen molar-refractivity contribution in [2.45, 2.75) is 37.6 Å². The highest BCUT2D eigenvalue weighted by atomic mass is 32.1. The van der Waals surface area contributed by atoms with Gasteiger partial charge < -0.3 is 4.90 Å². The Balaban J connectivity index is 1.14. The van der Waals surface area contributed by atoms with Crippen molar-refractivity contribution < 1.29 is 9.59 Å². The van der Waals surface area contributed by atoms with E-state index < -0.39 is 5.54 Å². The summed E-state index contributed by atoms with van der Waals surface area (Å²) in [5, 5.41) is 3.40. The number of carbonyl (C=O) groups excluding carboxylic acids is 2. The van der Waals surface area contributed by atoms with Crippen molar-refractivity contribution in [3.05, 3.63) is 46.7 Å². The molecule has 2 aromatic heterocycles. The number of hydrogen-bond donors (Lipinski definition) is 0. The molecule has 3 fully saturated rings. The van der Waals surface area contributed by atoms with Gasteiger partial charge in [-0.25, -0.2) is 0 Å². The van der Waals surface area contributed by atoms with E-state index in [-0.39, 0.29) is 11.8 Å². The minimum Gasteiger partial charge on any atom is -0.342 e. The third-order valence-corrected chi connectivity index (χ3v) is 9.50. The van der Waals surface area contributed by atoms with E-state index in [0.717, 1.165) is 55.9 Å². The first-order valence-electron chi connectivity index (χ1n) is 11.9. The lowest BCUT2D eigenvalue weighted by Crippen LogP contribution is -2.40. The Hall–Kier alpha value is -2.51. The van der Waals surface area contributed by atoms with Crippen LogP contribution in [-0.4, -0.2) is 52.6 Å². The minimum absolute atomic E-state index is 0.166. The minimum atomic E-state index is -0.503. The Kier molecular flexibility index (Phi) is 4.37. The zero-order valence-electron chi connectivity index (χ0n) is 18.3. The quantitative estimate of drug-likeness (QED) is 0.521. The van der Waals surface area contributed by atoms with Crippen molar-refractivity contribution in [1.82, 2.24) is 9.80 Å². The number of amides is 2. The van der Waals surface area contributed by atoms with E-state index in [9.17, 15) is 9.59 Å². The van der Waals surface area contributed by atoms with Gasteiger partial charge in [-0.2, -0.15) is 0 Å². The van der Waals surface area contributed by atoms with E-state index >= 15 is 0 Å². The number of thiophene rings is 2. The molecule has 168 valence electrons. The van der Waals surface area contributed by atoms with Crippen LogP contribution in [0.25, 0.3) is 20.5 Å². The molecule has 0 radical (unpaired) electrons. The fourth-order valence-corrected chi connectivity index (χ4v) is 6.99. The van der Waals surface area contributed by atoms with Crippen LogP contribution in [0.15, 0.2) is 46.8 Å². The number of aliphatic imine (C=N–C) groups is 1. The van der Waals surface area contributed by atoms with Crippen molar-refractivity contribution in [3.63, 3.8) is 0 Å². The number of fused-ring (bicyclic) bond motifs is 1. The molecule has 1 saturated heterocycles. The highest BCUT2D eigenvalue weighted by Gasteiger charge is 2.57. The van der Waals surface area contributed by atoms with E-state index in [2.05, 4.69) is 41.8 Å². The molecule has 33 heavy (non-hydrogen) atoms. The third-order valence-electron chi connectivity index (χ3n) is 7.47. The van der Waals surface area contributed by atoms with Gasteiger partial charge in [-0.05, 0) is 84.7 Å². The van der Waals surface area contributed by atoms with Gasteiger partial charge in [0.2, 0.25) is 5.91 Å². The Morgan fingerprint density at radius 2 is 1.94 bits per heavy atom. The molecule has 0 bridgehead atoms. The molecule has 0 N–H and O–H groups in total. The third kappa shape index (κ3) is 3.36. The summed E-state index contributed by atoms with van der Waals surface area (Å²) < 4.78 is 1.30.